The normalized spacial score (nSPS) is 10.4. The molecule has 0 unspecified atom stereocenters. The van der Waals surface area contributed by atoms with E-state index in [9.17, 15) is 9.18 Å². The van der Waals surface area contributed by atoms with Gasteiger partial charge in [0.25, 0.3) is 5.91 Å². The Bertz CT molecular complexity index is 630. The Balaban J connectivity index is 2.16. The SMILES string of the molecule is CN(Cc1ccc(Cl)cc1)C(=O)c1cc(F)ccc1Br. The van der Waals surface area contributed by atoms with E-state index in [1.165, 1.54) is 23.1 Å². The number of benzene rings is 2. The van der Waals surface area contributed by atoms with Gasteiger partial charge in [-0.05, 0) is 51.8 Å². The van der Waals surface area contributed by atoms with Gasteiger partial charge in [0.15, 0.2) is 0 Å². The number of carbonyl (C=O) groups excluding carboxylic acids is 1. The van der Waals surface area contributed by atoms with Gasteiger partial charge in [-0.2, -0.15) is 0 Å². The summed E-state index contributed by atoms with van der Waals surface area (Å²) in [6.45, 7) is 0.430. The highest BCUT2D eigenvalue weighted by molar-refractivity contribution is 9.10. The summed E-state index contributed by atoms with van der Waals surface area (Å²) in [6, 6.07) is 11.3. The summed E-state index contributed by atoms with van der Waals surface area (Å²) < 4.78 is 13.8. The summed E-state index contributed by atoms with van der Waals surface area (Å²) in [4.78, 5) is 13.8. The zero-order chi connectivity index (χ0) is 14.7. The van der Waals surface area contributed by atoms with Gasteiger partial charge in [0.1, 0.15) is 5.82 Å². The lowest BCUT2D eigenvalue weighted by Gasteiger charge is -2.18. The second kappa shape index (κ2) is 6.37. The molecule has 0 saturated heterocycles. The molecule has 2 aromatic carbocycles. The van der Waals surface area contributed by atoms with Crippen LogP contribution in [0.4, 0.5) is 4.39 Å². The quantitative estimate of drug-likeness (QED) is 0.792. The van der Waals surface area contributed by atoms with Crippen LogP contribution in [0.1, 0.15) is 15.9 Å². The number of hydrogen-bond donors (Lipinski definition) is 0. The highest BCUT2D eigenvalue weighted by Crippen LogP contribution is 2.20. The minimum absolute atomic E-state index is 0.244. The van der Waals surface area contributed by atoms with E-state index >= 15 is 0 Å². The predicted molar refractivity (Wildman–Crippen MR) is 81.3 cm³/mol. The molecule has 0 heterocycles. The molecule has 0 aliphatic rings. The van der Waals surface area contributed by atoms with Crippen molar-refractivity contribution in [2.45, 2.75) is 6.54 Å². The maximum atomic E-state index is 13.2. The van der Waals surface area contributed by atoms with Crippen LogP contribution in [0.3, 0.4) is 0 Å². The van der Waals surface area contributed by atoms with Crippen LogP contribution in [0.5, 0.6) is 0 Å². The zero-order valence-electron chi connectivity index (χ0n) is 10.7. The lowest BCUT2D eigenvalue weighted by atomic mass is 10.1. The topological polar surface area (TPSA) is 20.3 Å². The number of nitrogens with zero attached hydrogens (tertiary/aromatic N) is 1. The Morgan fingerprint density at radius 1 is 1.25 bits per heavy atom. The Morgan fingerprint density at radius 2 is 1.90 bits per heavy atom. The first-order valence-electron chi connectivity index (χ1n) is 5.92. The van der Waals surface area contributed by atoms with Gasteiger partial charge in [0.2, 0.25) is 0 Å². The van der Waals surface area contributed by atoms with Crippen molar-refractivity contribution < 1.29 is 9.18 Å². The standard InChI is InChI=1S/C15H12BrClFNO/c1-19(9-10-2-4-11(17)5-3-10)15(20)13-8-12(18)6-7-14(13)16/h2-8H,9H2,1H3. The Morgan fingerprint density at radius 3 is 2.55 bits per heavy atom. The first kappa shape index (κ1) is 15.0. The van der Waals surface area contributed by atoms with E-state index in [0.29, 0.717) is 21.6 Å². The molecular formula is C15H12BrClFNO. The van der Waals surface area contributed by atoms with E-state index < -0.39 is 5.82 Å². The van der Waals surface area contributed by atoms with Crippen molar-refractivity contribution in [3.63, 3.8) is 0 Å². The minimum Gasteiger partial charge on any atom is -0.337 e. The Hall–Kier alpha value is -1.39. The van der Waals surface area contributed by atoms with Crippen LogP contribution < -0.4 is 0 Å². The predicted octanol–water partition coefficient (Wildman–Crippen LogP) is 4.51. The van der Waals surface area contributed by atoms with Gasteiger partial charge >= 0.3 is 0 Å². The fourth-order valence-corrected chi connectivity index (χ4v) is 2.34. The van der Waals surface area contributed by atoms with Crippen LogP contribution in [-0.2, 0) is 6.54 Å². The van der Waals surface area contributed by atoms with E-state index in [1.807, 2.05) is 12.1 Å². The molecular weight excluding hydrogens is 345 g/mol. The van der Waals surface area contributed by atoms with Crippen molar-refractivity contribution in [2.75, 3.05) is 7.05 Å². The molecule has 0 aliphatic carbocycles. The van der Waals surface area contributed by atoms with E-state index in [0.717, 1.165) is 5.56 Å². The maximum Gasteiger partial charge on any atom is 0.255 e. The summed E-state index contributed by atoms with van der Waals surface area (Å²) in [5.74, 6) is -0.678. The summed E-state index contributed by atoms with van der Waals surface area (Å²) in [6.07, 6.45) is 0. The molecule has 0 fully saturated rings. The molecule has 104 valence electrons. The molecule has 0 aliphatic heterocycles. The van der Waals surface area contributed by atoms with Gasteiger partial charge in [-0.15, -0.1) is 0 Å². The van der Waals surface area contributed by atoms with Crippen LogP contribution in [0.15, 0.2) is 46.9 Å². The van der Waals surface area contributed by atoms with E-state index in [1.54, 1.807) is 19.2 Å². The first-order chi connectivity index (χ1) is 9.47. The lowest BCUT2D eigenvalue weighted by Crippen LogP contribution is -2.26. The third-order valence-electron chi connectivity index (χ3n) is 2.84. The highest BCUT2D eigenvalue weighted by atomic mass is 79.9. The van der Waals surface area contributed by atoms with Gasteiger partial charge in [-0.25, -0.2) is 4.39 Å². The van der Waals surface area contributed by atoms with E-state index in [4.69, 9.17) is 11.6 Å². The monoisotopic (exact) mass is 355 g/mol. The summed E-state index contributed by atoms with van der Waals surface area (Å²) in [5, 5.41) is 0.649. The zero-order valence-corrected chi connectivity index (χ0v) is 13.1. The minimum atomic E-state index is -0.434. The van der Waals surface area contributed by atoms with Crippen LogP contribution in [-0.4, -0.2) is 17.9 Å². The maximum absolute atomic E-state index is 13.2. The van der Waals surface area contributed by atoms with Gasteiger partial charge in [0.05, 0.1) is 5.56 Å². The third-order valence-corrected chi connectivity index (χ3v) is 3.78. The fraction of sp³-hybridized carbons (Fsp3) is 0.133. The number of amides is 1. The van der Waals surface area contributed by atoms with Crippen LogP contribution in [0.25, 0.3) is 0 Å². The van der Waals surface area contributed by atoms with Gasteiger partial charge < -0.3 is 4.90 Å². The molecule has 0 N–H and O–H groups in total. The van der Waals surface area contributed by atoms with Crippen LogP contribution in [0.2, 0.25) is 5.02 Å². The number of carbonyl (C=O) groups is 1. The third kappa shape index (κ3) is 3.58. The Kier molecular flexibility index (Phi) is 4.78. The Labute approximate surface area is 130 Å². The van der Waals surface area contributed by atoms with Crippen molar-refractivity contribution in [2.24, 2.45) is 0 Å². The molecule has 0 aromatic heterocycles. The molecule has 5 heteroatoms. The van der Waals surface area contributed by atoms with Crippen molar-refractivity contribution in [1.29, 1.82) is 0 Å². The lowest BCUT2D eigenvalue weighted by molar-refractivity contribution is 0.0783. The summed E-state index contributed by atoms with van der Waals surface area (Å²) in [7, 11) is 1.67. The average molecular weight is 357 g/mol. The summed E-state index contributed by atoms with van der Waals surface area (Å²) in [5.41, 5.74) is 1.26. The van der Waals surface area contributed by atoms with Crippen molar-refractivity contribution >= 4 is 33.4 Å². The van der Waals surface area contributed by atoms with Crippen molar-refractivity contribution in [1.82, 2.24) is 4.90 Å². The highest BCUT2D eigenvalue weighted by Gasteiger charge is 2.16. The molecule has 1 amide bonds. The number of rotatable bonds is 3. The van der Waals surface area contributed by atoms with Crippen molar-refractivity contribution in [3.8, 4) is 0 Å². The average Bonchev–Trinajstić information content (AvgIpc) is 2.43. The molecule has 0 bridgehead atoms. The molecule has 2 rings (SSSR count). The second-order valence-corrected chi connectivity index (χ2v) is 5.70. The van der Waals surface area contributed by atoms with Gasteiger partial charge in [-0.1, -0.05) is 23.7 Å². The van der Waals surface area contributed by atoms with Gasteiger partial charge in [0, 0.05) is 23.1 Å². The molecule has 0 radical (unpaired) electrons. The second-order valence-electron chi connectivity index (χ2n) is 4.41. The molecule has 20 heavy (non-hydrogen) atoms. The largest absolute Gasteiger partial charge is 0.337 e. The molecule has 2 nitrogen and oxygen atoms in total. The number of halogens is 3. The molecule has 0 saturated carbocycles. The van der Waals surface area contributed by atoms with Crippen LogP contribution >= 0.6 is 27.5 Å². The van der Waals surface area contributed by atoms with E-state index in [-0.39, 0.29) is 5.91 Å². The molecule has 0 atom stereocenters. The molecule has 2 aromatic rings. The first-order valence-corrected chi connectivity index (χ1v) is 7.09. The molecule has 0 spiro atoms. The van der Waals surface area contributed by atoms with Gasteiger partial charge in [-0.3, -0.25) is 4.79 Å². The van der Waals surface area contributed by atoms with Crippen molar-refractivity contribution in [3.05, 3.63) is 68.9 Å². The van der Waals surface area contributed by atoms with E-state index in [2.05, 4.69) is 15.9 Å². The summed E-state index contributed by atoms with van der Waals surface area (Å²) >= 11 is 9.08. The smallest absolute Gasteiger partial charge is 0.255 e. The number of hydrogen-bond acceptors (Lipinski definition) is 1. The van der Waals surface area contributed by atoms with Crippen LogP contribution in [0, 0.1) is 5.82 Å². The fourth-order valence-electron chi connectivity index (χ4n) is 1.80.